The molecular weight excluding hydrogens is 274 g/mol. The van der Waals surface area contributed by atoms with E-state index in [0.29, 0.717) is 6.42 Å². The molecule has 2 saturated carbocycles. The van der Waals surface area contributed by atoms with Gasteiger partial charge in [0.25, 0.3) is 0 Å². The summed E-state index contributed by atoms with van der Waals surface area (Å²) in [5.41, 5.74) is 0. The molecule has 2 fully saturated rings. The van der Waals surface area contributed by atoms with Gasteiger partial charge in [-0.25, -0.2) is 4.79 Å². The Morgan fingerprint density at radius 2 is 2.00 bits per heavy atom. The van der Waals surface area contributed by atoms with Crippen molar-refractivity contribution in [2.24, 2.45) is 11.8 Å². The Balaban J connectivity index is 2.04. The fourth-order valence-corrected chi connectivity index (χ4v) is 2.70. The fourth-order valence-electron chi connectivity index (χ4n) is 2.44. The van der Waals surface area contributed by atoms with E-state index in [2.05, 4.69) is 4.74 Å². The summed E-state index contributed by atoms with van der Waals surface area (Å²) in [5, 5.41) is -4.97. The second-order valence-corrected chi connectivity index (χ2v) is 6.00. The smallest absolute Gasteiger partial charge is 0.457 e. The molecule has 2 bridgehead atoms. The average Bonchev–Trinajstić information content (AvgIpc) is 2.74. The Hall–Kier alpha value is -1.09. The summed E-state index contributed by atoms with van der Waals surface area (Å²) in [6, 6.07) is 0. The first-order valence-electron chi connectivity index (χ1n) is 5.21. The van der Waals surface area contributed by atoms with Crippen molar-refractivity contribution in [3.8, 4) is 0 Å². The molecule has 3 atom stereocenters. The predicted octanol–water partition coefficient (Wildman–Crippen LogP) is 0.378. The van der Waals surface area contributed by atoms with Crippen LogP contribution in [0.3, 0.4) is 0 Å². The number of ether oxygens (including phenoxy) is 1. The quantitative estimate of drug-likeness (QED) is 0.594. The topological polar surface area (TPSA) is 97.7 Å². The van der Waals surface area contributed by atoms with Gasteiger partial charge in [0.2, 0.25) is 0 Å². The second-order valence-electron chi connectivity index (χ2n) is 4.53. The number of Topliss-reactive ketones (excluding diaryl/α,β-unsaturated/α-hetero) is 1. The SMILES string of the molecule is O=C1CC2CC1CC2OC(=O)C(F)(F)S(=O)(=O)O. The molecule has 0 saturated heterocycles. The molecule has 2 rings (SSSR count). The number of fused-ring (bicyclic) bond motifs is 2. The number of hydrogen-bond donors (Lipinski definition) is 1. The lowest BCUT2D eigenvalue weighted by atomic mass is 9.96. The Morgan fingerprint density at radius 1 is 1.39 bits per heavy atom. The van der Waals surface area contributed by atoms with Crippen LogP contribution in [0.25, 0.3) is 0 Å². The van der Waals surface area contributed by atoms with Crippen molar-refractivity contribution in [2.45, 2.75) is 30.6 Å². The maximum Gasteiger partial charge on any atom is 0.465 e. The van der Waals surface area contributed by atoms with Crippen molar-refractivity contribution in [1.82, 2.24) is 0 Å². The molecule has 0 aromatic rings. The van der Waals surface area contributed by atoms with Gasteiger partial charge in [0.05, 0.1) is 0 Å². The van der Waals surface area contributed by atoms with Crippen LogP contribution in [0.4, 0.5) is 8.78 Å². The van der Waals surface area contributed by atoms with Crippen LogP contribution in [0.2, 0.25) is 0 Å². The van der Waals surface area contributed by atoms with Crippen LogP contribution >= 0.6 is 0 Å². The van der Waals surface area contributed by atoms with Gasteiger partial charge in [-0.3, -0.25) is 9.35 Å². The molecule has 0 heterocycles. The molecule has 0 aromatic carbocycles. The summed E-state index contributed by atoms with van der Waals surface area (Å²) in [6.07, 6.45) is -0.127. The van der Waals surface area contributed by atoms with E-state index in [-0.39, 0.29) is 30.5 Å². The summed E-state index contributed by atoms with van der Waals surface area (Å²) >= 11 is 0. The number of hydrogen-bond acceptors (Lipinski definition) is 5. The zero-order valence-corrected chi connectivity index (χ0v) is 9.82. The summed E-state index contributed by atoms with van der Waals surface area (Å²) < 4.78 is 59.1. The summed E-state index contributed by atoms with van der Waals surface area (Å²) in [7, 11) is -5.84. The highest BCUT2D eigenvalue weighted by Crippen LogP contribution is 2.44. The molecule has 0 amide bonds. The highest BCUT2D eigenvalue weighted by Gasteiger charge is 2.56. The molecular formula is C9H10F2O6S. The molecule has 2 aliphatic carbocycles. The summed E-state index contributed by atoms with van der Waals surface area (Å²) in [6.45, 7) is 0. The van der Waals surface area contributed by atoms with Crippen LogP contribution in [0, 0.1) is 11.8 Å². The molecule has 9 heteroatoms. The summed E-state index contributed by atoms with van der Waals surface area (Å²) in [5.74, 6) is -2.92. The standard InChI is InChI=1S/C9H10F2O6S/c10-9(11,18(14,15)16)8(13)17-7-3-4-1-5(7)2-6(4)12/h4-5,7H,1-3H2,(H,14,15,16). The van der Waals surface area contributed by atoms with Crippen molar-refractivity contribution in [1.29, 1.82) is 0 Å². The lowest BCUT2D eigenvalue weighted by molar-refractivity contribution is -0.170. The molecule has 0 spiro atoms. The Kier molecular flexibility index (Phi) is 2.93. The van der Waals surface area contributed by atoms with E-state index in [0.717, 1.165) is 0 Å². The van der Waals surface area contributed by atoms with Crippen molar-refractivity contribution in [3.63, 3.8) is 0 Å². The fraction of sp³-hybridized carbons (Fsp3) is 0.778. The third-order valence-electron chi connectivity index (χ3n) is 3.37. The van der Waals surface area contributed by atoms with Gasteiger partial charge in [-0.2, -0.15) is 17.2 Å². The van der Waals surface area contributed by atoms with Crippen LogP contribution in [0.15, 0.2) is 0 Å². The molecule has 6 nitrogen and oxygen atoms in total. The molecule has 18 heavy (non-hydrogen) atoms. The highest BCUT2D eigenvalue weighted by molar-refractivity contribution is 7.87. The van der Waals surface area contributed by atoms with Gasteiger partial charge in [-0.1, -0.05) is 0 Å². The molecule has 102 valence electrons. The zero-order valence-electron chi connectivity index (χ0n) is 9.01. The van der Waals surface area contributed by atoms with Gasteiger partial charge in [0.1, 0.15) is 11.9 Å². The molecule has 0 aliphatic heterocycles. The minimum absolute atomic E-state index is 0.00818. The van der Waals surface area contributed by atoms with E-state index in [4.69, 9.17) is 4.55 Å². The first-order chi connectivity index (χ1) is 8.13. The summed E-state index contributed by atoms with van der Waals surface area (Å²) in [4.78, 5) is 22.2. The molecule has 0 aromatic heterocycles. The lowest BCUT2D eigenvalue weighted by Gasteiger charge is -2.22. The van der Waals surface area contributed by atoms with Crippen LogP contribution in [0.5, 0.6) is 0 Å². The van der Waals surface area contributed by atoms with Gasteiger partial charge >= 0.3 is 21.3 Å². The van der Waals surface area contributed by atoms with Gasteiger partial charge in [-0.05, 0) is 12.8 Å². The van der Waals surface area contributed by atoms with E-state index in [1.807, 2.05) is 0 Å². The number of alkyl halides is 2. The minimum Gasteiger partial charge on any atom is -0.457 e. The van der Waals surface area contributed by atoms with Crippen LogP contribution in [-0.4, -0.2) is 36.1 Å². The third-order valence-corrected chi connectivity index (χ3v) is 4.18. The van der Waals surface area contributed by atoms with Gasteiger partial charge in [-0.15, -0.1) is 0 Å². The molecule has 1 N–H and O–H groups in total. The highest BCUT2D eigenvalue weighted by atomic mass is 32.2. The largest absolute Gasteiger partial charge is 0.465 e. The van der Waals surface area contributed by atoms with Gasteiger partial charge in [0.15, 0.2) is 0 Å². The minimum atomic E-state index is -5.84. The normalized spacial score (nSPS) is 31.7. The average molecular weight is 284 g/mol. The number of halogens is 2. The zero-order chi connectivity index (χ0) is 13.7. The van der Waals surface area contributed by atoms with Crippen molar-refractivity contribution < 1.29 is 36.1 Å². The number of carbonyl (C=O) groups excluding carboxylic acids is 2. The van der Waals surface area contributed by atoms with E-state index in [9.17, 15) is 26.8 Å². The lowest BCUT2D eigenvalue weighted by Crippen LogP contribution is -2.42. The molecule has 0 radical (unpaired) electrons. The van der Waals surface area contributed by atoms with Crippen molar-refractivity contribution in [2.75, 3.05) is 0 Å². The van der Waals surface area contributed by atoms with Crippen LogP contribution in [0.1, 0.15) is 19.3 Å². The first kappa shape index (κ1) is 13.3. The predicted molar refractivity (Wildman–Crippen MR) is 52.2 cm³/mol. The van der Waals surface area contributed by atoms with E-state index < -0.39 is 27.4 Å². The monoisotopic (exact) mass is 284 g/mol. The number of rotatable bonds is 3. The van der Waals surface area contributed by atoms with Crippen molar-refractivity contribution >= 4 is 21.9 Å². The second kappa shape index (κ2) is 3.95. The number of ketones is 1. The van der Waals surface area contributed by atoms with E-state index in [1.54, 1.807) is 0 Å². The Labute approximate surface area is 101 Å². The maximum atomic E-state index is 12.9. The number of esters is 1. The van der Waals surface area contributed by atoms with Crippen molar-refractivity contribution in [3.05, 3.63) is 0 Å². The third kappa shape index (κ3) is 2.01. The molecule has 3 unspecified atom stereocenters. The first-order valence-corrected chi connectivity index (χ1v) is 6.65. The van der Waals surface area contributed by atoms with Crippen LogP contribution in [-0.2, 0) is 24.4 Å². The molecule has 2 aliphatic rings. The van der Waals surface area contributed by atoms with E-state index in [1.165, 1.54) is 0 Å². The van der Waals surface area contributed by atoms with Crippen LogP contribution < -0.4 is 0 Å². The van der Waals surface area contributed by atoms with E-state index >= 15 is 0 Å². The Morgan fingerprint density at radius 3 is 2.39 bits per heavy atom. The number of carbonyl (C=O) groups is 2. The van der Waals surface area contributed by atoms with Gasteiger partial charge in [0, 0.05) is 18.3 Å². The van der Waals surface area contributed by atoms with Gasteiger partial charge < -0.3 is 4.74 Å². The Bertz CT molecular complexity index is 499. The maximum absolute atomic E-state index is 12.9.